The number of benzene rings is 2. The van der Waals surface area contributed by atoms with Crippen LogP contribution >= 0.6 is 0 Å². The van der Waals surface area contributed by atoms with Gasteiger partial charge in [0, 0.05) is 28.4 Å². The number of hydrogen-bond donors (Lipinski definition) is 2. The van der Waals surface area contributed by atoms with Gasteiger partial charge in [0.1, 0.15) is 0 Å². The number of H-pyrrole nitrogens is 1. The Kier molecular flexibility index (Phi) is 5.17. The fourth-order valence-corrected chi connectivity index (χ4v) is 3.07. The molecule has 4 aromatic rings. The summed E-state index contributed by atoms with van der Waals surface area (Å²) >= 11 is 0. The number of aromatic amines is 1. The van der Waals surface area contributed by atoms with Crippen LogP contribution in [0.15, 0.2) is 77.5 Å². The van der Waals surface area contributed by atoms with Crippen LogP contribution in [0.2, 0.25) is 0 Å². The number of para-hydroxylation sites is 1. The quantitative estimate of drug-likeness (QED) is 0.367. The van der Waals surface area contributed by atoms with Gasteiger partial charge in [0.15, 0.2) is 11.9 Å². The number of esters is 1. The Labute approximate surface area is 171 Å². The average molecular weight is 402 g/mol. The van der Waals surface area contributed by atoms with E-state index in [1.165, 1.54) is 18.4 Å². The Morgan fingerprint density at radius 3 is 2.50 bits per heavy atom. The number of rotatable bonds is 6. The average Bonchev–Trinajstić information content (AvgIpc) is 3.44. The van der Waals surface area contributed by atoms with E-state index in [9.17, 15) is 14.4 Å². The van der Waals surface area contributed by atoms with Crippen LogP contribution in [0.3, 0.4) is 0 Å². The summed E-state index contributed by atoms with van der Waals surface area (Å²) < 4.78 is 10.4. The first-order valence-electron chi connectivity index (χ1n) is 9.29. The zero-order valence-electron chi connectivity index (χ0n) is 16.0. The van der Waals surface area contributed by atoms with Crippen molar-refractivity contribution in [2.75, 3.05) is 5.32 Å². The fraction of sp³-hybridized carbons (Fsp3) is 0.0870. The minimum absolute atomic E-state index is 0.183. The summed E-state index contributed by atoms with van der Waals surface area (Å²) in [6, 6.07) is 16.8. The lowest BCUT2D eigenvalue weighted by atomic mass is 10.1. The number of fused-ring (bicyclic) bond motifs is 1. The molecule has 7 heteroatoms. The van der Waals surface area contributed by atoms with Crippen LogP contribution in [-0.2, 0) is 4.74 Å². The molecule has 2 N–H and O–H groups in total. The number of carbonyl (C=O) groups excluding carboxylic acids is 3. The topological polar surface area (TPSA) is 101 Å². The minimum atomic E-state index is -0.949. The Bertz CT molecular complexity index is 1210. The second-order valence-corrected chi connectivity index (χ2v) is 6.67. The van der Waals surface area contributed by atoms with Crippen LogP contribution in [0.1, 0.15) is 38.2 Å². The number of carbonyl (C=O) groups is 3. The van der Waals surface area contributed by atoms with Gasteiger partial charge in [-0.3, -0.25) is 9.59 Å². The Hall–Kier alpha value is -4.13. The molecule has 2 heterocycles. The van der Waals surface area contributed by atoms with Crippen molar-refractivity contribution in [3.05, 3.63) is 90.0 Å². The molecule has 150 valence electrons. The fourth-order valence-electron chi connectivity index (χ4n) is 3.07. The molecule has 2 aromatic carbocycles. The van der Waals surface area contributed by atoms with Crippen LogP contribution < -0.4 is 5.32 Å². The Morgan fingerprint density at radius 1 is 1.00 bits per heavy atom. The van der Waals surface area contributed by atoms with E-state index < -0.39 is 18.0 Å². The lowest BCUT2D eigenvalue weighted by molar-refractivity contribution is 0.0319. The van der Waals surface area contributed by atoms with Crippen molar-refractivity contribution in [3.63, 3.8) is 0 Å². The highest BCUT2D eigenvalue weighted by Crippen LogP contribution is 2.20. The monoisotopic (exact) mass is 402 g/mol. The first-order chi connectivity index (χ1) is 14.5. The van der Waals surface area contributed by atoms with Crippen molar-refractivity contribution in [2.24, 2.45) is 0 Å². The number of Topliss-reactive ketones (excluding diaryl/α,β-unsaturated/α-hetero) is 1. The number of aromatic nitrogens is 1. The maximum absolute atomic E-state index is 12.7. The number of ether oxygens (including phenoxy) is 1. The van der Waals surface area contributed by atoms with E-state index in [0.717, 1.165) is 10.9 Å². The van der Waals surface area contributed by atoms with E-state index in [2.05, 4.69) is 10.3 Å². The normalized spacial score (nSPS) is 11.8. The molecule has 0 bridgehead atoms. The molecule has 4 rings (SSSR count). The third kappa shape index (κ3) is 3.86. The van der Waals surface area contributed by atoms with Gasteiger partial charge < -0.3 is 19.5 Å². The summed E-state index contributed by atoms with van der Waals surface area (Å²) in [5.74, 6) is -1.13. The van der Waals surface area contributed by atoms with Crippen molar-refractivity contribution in [1.82, 2.24) is 4.98 Å². The van der Waals surface area contributed by atoms with Crippen molar-refractivity contribution >= 4 is 34.3 Å². The molecule has 0 aliphatic carbocycles. The summed E-state index contributed by atoms with van der Waals surface area (Å²) in [5.41, 5.74) is 2.08. The number of ketones is 1. The highest BCUT2D eigenvalue weighted by atomic mass is 16.5. The zero-order valence-corrected chi connectivity index (χ0v) is 16.0. The van der Waals surface area contributed by atoms with Gasteiger partial charge in [-0.15, -0.1) is 0 Å². The van der Waals surface area contributed by atoms with E-state index in [-0.39, 0.29) is 17.1 Å². The number of amides is 1. The van der Waals surface area contributed by atoms with Crippen molar-refractivity contribution < 1.29 is 23.5 Å². The lowest BCUT2D eigenvalue weighted by Crippen LogP contribution is -2.24. The number of furan rings is 1. The number of anilines is 1. The highest BCUT2D eigenvalue weighted by molar-refractivity contribution is 6.10. The van der Waals surface area contributed by atoms with Gasteiger partial charge in [-0.1, -0.05) is 18.2 Å². The summed E-state index contributed by atoms with van der Waals surface area (Å²) in [4.78, 5) is 40.2. The van der Waals surface area contributed by atoms with Crippen LogP contribution in [0, 0.1) is 0 Å². The van der Waals surface area contributed by atoms with Gasteiger partial charge in [0.05, 0.1) is 11.8 Å². The van der Waals surface area contributed by atoms with Gasteiger partial charge in [-0.2, -0.15) is 0 Å². The molecule has 30 heavy (non-hydrogen) atoms. The summed E-state index contributed by atoms with van der Waals surface area (Å²) in [6.45, 7) is 1.54. The zero-order chi connectivity index (χ0) is 21.1. The molecule has 0 radical (unpaired) electrons. The van der Waals surface area contributed by atoms with Gasteiger partial charge >= 0.3 is 5.97 Å². The molecule has 0 aliphatic rings. The molecule has 0 saturated carbocycles. The lowest BCUT2D eigenvalue weighted by Gasteiger charge is -2.12. The molecule has 1 atom stereocenters. The van der Waals surface area contributed by atoms with Crippen LogP contribution in [0.25, 0.3) is 10.9 Å². The highest BCUT2D eigenvalue weighted by Gasteiger charge is 2.23. The summed E-state index contributed by atoms with van der Waals surface area (Å²) in [6.07, 6.45) is 2.08. The van der Waals surface area contributed by atoms with Crippen molar-refractivity contribution in [3.8, 4) is 0 Å². The molecule has 7 nitrogen and oxygen atoms in total. The first kappa shape index (κ1) is 19.2. The van der Waals surface area contributed by atoms with Gasteiger partial charge in [-0.05, 0) is 49.4 Å². The number of hydrogen-bond acceptors (Lipinski definition) is 5. The largest absolute Gasteiger partial charge is 0.459 e. The van der Waals surface area contributed by atoms with Crippen LogP contribution in [0.5, 0.6) is 0 Å². The molecular formula is C23H18N2O5. The van der Waals surface area contributed by atoms with Gasteiger partial charge in [0.2, 0.25) is 5.78 Å². The van der Waals surface area contributed by atoms with Gasteiger partial charge in [-0.25, -0.2) is 4.79 Å². The molecular weight excluding hydrogens is 384 g/mol. The maximum Gasteiger partial charge on any atom is 0.338 e. The number of nitrogens with one attached hydrogen (secondary N) is 2. The third-order valence-corrected chi connectivity index (χ3v) is 4.63. The first-order valence-corrected chi connectivity index (χ1v) is 9.29. The molecule has 0 spiro atoms. The van der Waals surface area contributed by atoms with Crippen molar-refractivity contribution in [2.45, 2.75) is 13.0 Å². The van der Waals surface area contributed by atoms with Crippen LogP contribution in [-0.4, -0.2) is 28.7 Å². The Balaban J connectivity index is 1.40. The maximum atomic E-state index is 12.7. The molecule has 0 unspecified atom stereocenters. The summed E-state index contributed by atoms with van der Waals surface area (Å²) in [7, 11) is 0. The van der Waals surface area contributed by atoms with E-state index in [1.807, 2.05) is 24.3 Å². The molecule has 0 aliphatic heterocycles. The summed E-state index contributed by atoms with van der Waals surface area (Å²) in [5, 5.41) is 3.44. The smallest absolute Gasteiger partial charge is 0.338 e. The minimum Gasteiger partial charge on any atom is -0.459 e. The standard InChI is InChI=1S/C23H18N2O5/c1-14(21(26)18-13-24-19-6-3-2-5-17(18)19)30-23(28)15-8-10-16(11-9-15)25-22(27)20-7-4-12-29-20/h2-14,24H,1H3,(H,25,27)/t14-/m0/s1. The molecule has 0 fully saturated rings. The third-order valence-electron chi connectivity index (χ3n) is 4.63. The van der Waals surface area contributed by atoms with E-state index in [0.29, 0.717) is 11.3 Å². The van der Waals surface area contributed by atoms with E-state index in [4.69, 9.17) is 9.15 Å². The van der Waals surface area contributed by atoms with Crippen LogP contribution in [0.4, 0.5) is 5.69 Å². The van der Waals surface area contributed by atoms with Gasteiger partial charge in [0.25, 0.3) is 5.91 Å². The predicted molar refractivity (Wildman–Crippen MR) is 111 cm³/mol. The molecule has 1 amide bonds. The SMILES string of the molecule is C[C@H](OC(=O)c1ccc(NC(=O)c2ccco2)cc1)C(=O)c1c[nH]c2ccccc12. The van der Waals surface area contributed by atoms with Crippen molar-refractivity contribution in [1.29, 1.82) is 0 Å². The Morgan fingerprint density at radius 2 is 1.77 bits per heavy atom. The second kappa shape index (κ2) is 8.08. The molecule has 2 aromatic heterocycles. The second-order valence-electron chi connectivity index (χ2n) is 6.67. The van der Waals surface area contributed by atoms with E-state index >= 15 is 0 Å². The van der Waals surface area contributed by atoms with E-state index in [1.54, 1.807) is 37.4 Å². The molecule has 0 saturated heterocycles. The predicted octanol–water partition coefficient (Wildman–Crippen LogP) is 4.44.